The van der Waals surface area contributed by atoms with Crippen LogP contribution >= 0.6 is 11.8 Å². The lowest BCUT2D eigenvalue weighted by atomic mass is 10.3. The highest BCUT2D eigenvalue weighted by Crippen LogP contribution is 2.34. The zero-order valence-corrected chi connectivity index (χ0v) is 11.7. The zero-order chi connectivity index (χ0) is 13.9. The molecular formula is C14H13N3O2S. The molecule has 3 rings (SSSR count). The fourth-order valence-electron chi connectivity index (χ4n) is 1.77. The van der Waals surface area contributed by atoms with Crippen LogP contribution in [0.2, 0.25) is 0 Å². The molecule has 6 heteroatoms. The second-order valence-electron chi connectivity index (χ2n) is 4.05. The number of oxazole rings is 1. The van der Waals surface area contributed by atoms with Crippen molar-refractivity contribution in [3.63, 3.8) is 0 Å². The summed E-state index contributed by atoms with van der Waals surface area (Å²) in [4.78, 5) is 8.68. The molecule has 1 aromatic carbocycles. The van der Waals surface area contributed by atoms with Crippen LogP contribution in [-0.4, -0.2) is 16.6 Å². The van der Waals surface area contributed by atoms with Crippen LogP contribution in [0.25, 0.3) is 11.1 Å². The summed E-state index contributed by atoms with van der Waals surface area (Å²) in [5.41, 5.74) is 7.83. The Kier molecular flexibility index (Phi) is 3.47. The van der Waals surface area contributed by atoms with Gasteiger partial charge in [0.25, 0.3) is 5.22 Å². The molecule has 0 unspecified atom stereocenters. The van der Waals surface area contributed by atoms with Gasteiger partial charge in [-0.3, -0.25) is 0 Å². The zero-order valence-electron chi connectivity index (χ0n) is 10.9. The van der Waals surface area contributed by atoms with E-state index in [4.69, 9.17) is 14.9 Å². The van der Waals surface area contributed by atoms with Crippen molar-refractivity contribution >= 4 is 28.5 Å². The predicted octanol–water partition coefficient (Wildman–Crippen LogP) is 3.35. The lowest BCUT2D eigenvalue weighted by Crippen LogP contribution is -1.94. The van der Waals surface area contributed by atoms with Crippen LogP contribution < -0.4 is 10.5 Å². The summed E-state index contributed by atoms with van der Waals surface area (Å²) >= 11 is 1.33. The minimum Gasteiger partial charge on any atom is -0.491 e. The molecule has 0 aliphatic rings. The maximum absolute atomic E-state index is 5.73. The SMILES string of the molecule is CCOc1cccnc1Sc1nc2cc(N)ccc2o1. The number of rotatable bonds is 4. The van der Waals surface area contributed by atoms with E-state index in [1.54, 1.807) is 18.3 Å². The van der Waals surface area contributed by atoms with E-state index in [1.165, 1.54) is 11.8 Å². The van der Waals surface area contributed by atoms with Crippen molar-refractivity contribution in [1.29, 1.82) is 0 Å². The van der Waals surface area contributed by atoms with Crippen LogP contribution in [-0.2, 0) is 0 Å². The van der Waals surface area contributed by atoms with Crippen LogP contribution in [0.5, 0.6) is 5.75 Å². The van der Waals surface area contributed by atoms with E-state index in [0.29, 0.717) is 23.1 Å². The predicted molar refractivity (Wildman–Crippen MR) is 78.0 cm³/mol. The number of nitrogen functional groups attached to an aromatic ring is 1. The minimum atomic E-state index is 0.519. The molecule has 2 heterocycles. The number of hydrogen-bond acceptors (Lipinski definition) is 6. The Morgan fingerprint density at radius 2 is 2.25 bits per heavy atom. The molecule has 0 saturated heterocycles. The number of ether oxygens (including phenoxy) is 1. The standard InChI is InChI=1S/C14H13N3O2S/c1-2-18-12-4-3-7-16-13(12)20-14-17-10-8-9(15)5-6-11(10)19-14/h3-8H,2,15H2,1H3. The molecule has 0 aliphatic carbocycles. The molecule has 102 valence electrons. The molecule has 0 aliphatic heterocycles. The fraction of sp³-hybridized carbons (Fsp3) is 0.143. The lowest BCUT2D eigenvalue weighted by Gasteiger charge is -2.05. The average Bonchev–Trinajstić information content (AvgIpc) is 2.82. The number of fused-ring (bicyclic) bond motifs is 1. The van der Waals surface area contributed by atoms with Crippen LogP contribution in [0, 0.1) is 0 Å². The molecule has 0 bridgehead atoms. The molecule has 2 aromatic heterocycles. The lowest BCUT2D eigenvalue weighted by molar-refractivity contribution is 0.329. The molecule has 3 aromatic rings. The van der Waals surface area contributed by atoms with Gasteiger partial charge in [0.05, 0.1) is 6.61 Å². The number of aromatic nitrogens is 2. The van der Waals surface area contributed by atoms with Crippen molar-refractivity contribution < 1.29 is 9.15 Å². The number of nitrogens with two attached hydrogens (primary N) is 1. The van der Waals surface area contributed by atoms with Gasteiger partial charge >= 0.3 is 0 Å². The fourth-order valence-corrected chi connectivity index (χ4v) is 2.55. The molecule has 20 heavy (non-hydrogen) atoms. The molecular weight excluding hydrogens is 274 g/mol. The first-order valence-corrected chi connectivity index (χ1v) is 6.99. The number of nitrogens with zero attached hydrogens (tertiary/aromatic N) is 2. The Morgan fingerprint density at radius 3 is 3.10 bits per heavy atom. The highest BCUT2D eigenvalue weighted by Gasteiger charge is 2.12. The Balaban J connectivity index is 1.93. The van der Waals surface area contributed by atoms with Crippen LogP contribution in [0.1, 0.15) is 6.92 Å². The van der Waals surface area contributed by atoms with Crippen LogP contribution in [0.3, 0.4) is 0 Å². The van der Waals surface area contributed by atoms with Gasteiger partial charge in [-0.25, -0.2) is 9.97 Å². The van der Waals surface area contributed by atoms with Gasteiger partial charge < -0.3 is 14.9 Å². The second kappa shape index (κ2) is 5.42. The Hall–Kier alpha value is -2.21. The highest BCUT2D eigenvalue weighted by atomic mass is 32.2. The summed E-state index contributed by atoms with van der Waals surface area (Å²) in [6, 6.07) is 9.09. The normalized spacial score (nSPS) is 10.8. The van der Waals surface area contributed by atoms with Crippen LogP contribution in [0.4, 0.5) is 5.69 Å². The topological polar surface area (TPSA) is 74.2 Å². The Labute approximate surface area is 120 Å². The first-order valence-electron chi connectivity index (χ1n) is 6.18. The summed E-state index contributed by atoms with van der Waals surface area (Å²) in [5, 5.41) is 1.25. The van der Waals surface area contributed by atoms with Crippen molar-refractivity contribution in [3.05, 3.63) is 36.5 Å². The van der Waals surface area contributed by atoms with Crippen molar-refractivity contribution in [2.45, 2.75) is 17.2 Å². The quantitative estimate of drug-likeness (QED) is 0.742. The van der Waals surface area contributed by atoms with Crippen molar-refractivity contribution in [3.8, 4) is 5.75 Å². The van der Waals surface area contributed by atoms with E-state index in [1.807, 2.05) is 25.1 Å². The van der Waals surface area contributed by atoms with E-state index < -0.39 is 0 Å². The molecule has 0 saturated carbocycles. The largest absolute Gasteiger partial charge is 0.491 e. The molecule has 2 N–H and O–H groups in total. The van der Waals surface area contributed by atoms with Crippen LogP contribution in [0.15, 0.2) is 51.2 Å². The van der Waals surface area contributed by atoms with Gasteiger partial charge in [0.2, 0.25) is 0 Å². The highest BCUT2D eigenvalue weighted by molar-refractivity contribution is 7.99. The summed E-state index contributed by atoms with van der Waals surface area (Å²) < 4.78 is 11.2. The molecule has 5 nitrogen and oxygen atoms in total. The third-order valence-electron chi connectivity index (χ3n) is 2.61. The third kappa shape index (κ3) is 2.55. The number of benzene rings is 1. The molecule has 0 spiro atoms. The van der Waals surface area contributed by atoms with Gasteiger partial charge in [-0.1, -0.05) is 0 Å². The van der Waals surface area contributed by atoms with Gasteiger partial charge in [-0.2, -0.15) is 0 Å². The number of hydrogen-bond donors (Lipinski definition) is 1. The van der Waals surface area contributed by atoms with Crippen molar-refractivity contribution in [2.75, 3.05) is 12.3 Å². The van der Waals surface area contributed by atoms with Crippen molar-refractivity contribution in [1.82, 2.24) is 9.97 Å². The van der Waals surface area contributed by atoms with E-state index in [-0.39, 0.29) is 0 Å². The van der Waals surface area contributed by atoms with Gasteiger partial charge in [-0.15, -0.1) is 0 Å². The monoisotopic (exact) mass is 287 g/mol. The second-order valence-corrected chi connectivity index (χ2v) is 4.99. The first-order chi connectivity index (χ1) is 9.76. The maximum Gasteiger partial charge on any atom is 0.263 e. The van der Waals surface area contributed by atoms with Gasteiger partial charge in [0, 0.05) is 11.9 Å². The smallest absolute Gasteiger partial charge is 0.263 e. The first kappa shape index (κ1) is 12.8. The summed E-state index contributed by atoms with van der Waals surface area (Å²) in [6.45, 7) is 2.52. The van der Waals surface area contributed by atoms with E-state index in [9.17, 15) is 0 Å². The Morgan fingerprint density at radius 1 is 1.35 bits per heavy atom. The summed E-state index contributed by atoms with van der Waals surface area (Å²) in [6.07, 6.45) is 1.71. The molecule has 0 fully saturated rings. The number of anilines is 1. The van der Waals surface area contributed by atoms with Gasteiger partial charge in [0.15, 0.2) is 11.3 Å². The van der Waals surface area contributed by atoms with E-state index in [2.05, 4.69) is 9.97 Å². The van der Waals surface area contributed by atoms with Gasteiger partial charge in [-0.05, 0) is 49.0 Å². The third-order valence-corrected chi connectivity index (χ3v) is 3.46. The maximum atomic E-state index is 5.73. The average molecular weight is 287 g/mol. The van der Waals surface area contributed by atoms with Gasteiger partial charge in [0.1, 0.15) is 10.5 Å². The summed E-state index contributed by atoms with van der Waals surface area (Å²) in [5.74, 6) is 0.724. The Bertz CT molecular complexity index is 742. The molecule has 0 amide bonds. The van der Waals surface area contributed by atoms with Crippen molar-refractivity contribution in [2.24, 2.45) is 0 Å². The number of pyridine rings is 1. The molecule has 0 atom stereocenters. The van der Waals surface area contributed by atoms with E-state index >= 15 is 0 Å². The molecule has 0 radical (unpaired) electrons. The van der Waals surface area contributed by atoms with E-state index in [0.717, 1.165) is 16.3 Å². The summed E-state index contributed by atoms with van der Waals surface area (Å²) in [7, 11) is 0. The minimum absolute atomic E-state index is 0.519.